The lowest BCUT2D eigenvalue weighted by Crippen LogP contribution is -2.43. The monoisotopic (exact) mass is 492 g/mol. The minimum atomic E-state index is -0.468. The van der Waals surface area contributed by atoms with Gasteiger partial charge in [-0.2, -0.15) is 24.4 Å². The van der Waals surface area contributed by atoms with Gasteiger partial charge in [-0.3, -0.25) is 14.6 Å². The van der Waals surface area contributed by atoms with Gasteiger partial charge in [-0.25, -0.2) is 4.39 Å². The van der Waals surface area contributed by atoms with Crippen molar-refractivity contribution in [1.82, 2.24) is 9.80 Å². The van der Waals surface area contributed by atoms with Crippen molar-refractivity contribution in [3.05, 3.63) is 47.3 Å². The summed E-state index contributed by atoms with van der Waals surface area (Å²) in [6, 6.07) is 6.31. The summed E-state index contributed by atoms with van der Waals surface area (Å²) in [4.78, 5) is 17.8. The third kappa shape index (κ3) is 6.39. The van der Waals surface area contributed by atoms with Crippen molar-refractivity contribution in [3.63, 3.8) is 0 Å². The van der Waals surface area contributed by atoms with Crippen molar-refractivity contribution in [2.24, 2.45) is 5.92 Å². The highest BCUT2D eigenvalue weighted by atomic mass is 35.5. The third-order valence-corrected chi connectivity index (χ3v) is 7.57. The van der Waals surface area contributed by atoms with Gasteiger partial charge < -0.3 is 0 Å². The van der Waals surface area contributed by atoms with Gasteiger partial charge in [-0.05, 0) is 30.9 Å². The molecular weight excluding hydrogens is 462 g/mol. The average Bonchev–Trinajstić information content (AvgIpc) is 3.56. The Morgan fingerprint density at radius 2 is 1.87 bits per heavy atom. The van der Waals surface area contributed by atoms with E-state index in [2.05, 4.69) is 15.9 Å². The van der Waals surface area contributed by atoms with Crippen LogP contribution in [0.2, 0.25) is 0 Å². The Balaban J connectivity index is 0.00000160. The number of thiol groups is 1. The number of ketones is 1. The molecule has 0 aromatic heterocycles. The van der Waals surface area contributed by atoms with Crippen LogP contribution in [0.15, 0.2) is 35.9 Å². The summed E-state index contributed by atoms with van der Waals surface area (Å²) < 4.78 is 14.6. The molecule has 0 radical (unpaired) electrons. The molecule has 0 N–H and O–H groups in total. The van der Waals surface area contributed by atoms with Gasteiger partial charge >= 0.3 is 0 Å². The maximum atomic E-state index is 14.6. The summed E-state index contributed by atoms with van der Waals surface area (Å²) in [5.41, 5.74) is 1.81. The molecule has 0 spiro atoms. The molecule has 0 bridgehead atoms. The van der Waals surface area contributed by atoms with Crippen LogP contribution in [0.4, 0.5) is 4.39 Å². The van der Waals surface area contributed by atoms with Gasteiger partial charge in [0, 0.05) is 61.0 Å². The lowest BCUT2D eigenvalue weighted by Gasteiger charge is -2.38. The first-order valence-corrected chi connectivity index (χ1v) is 12.0. The van der Waals surface area contributed by atoms with Crippen LogP contribution < -0.4 is 0 Å². The number of rotatable bonds is 6. The molecule has 2 heterocycles. The Kier molecular flexibility index (Phi) is 10.5. The number of likely N-dealkylation sites (tertiary alicyclic amines) is 1. The van der Waals surface area contributed by atoms with Gasteiger partial charge in [0.15, 0.2) is 5.78 Å². The van der Waals surface area contributed by atoms with E-state index in [4.69, 9.17) is 12.6 Å². The number of halogens is 3. The fourth-order valence-electron chi connectivity index (χ4n) is 4.16. The number of hydrogen-bond donors (Lipinski definition) is 1. The first-order chi connectivity index (χ1) is 13.6. The first-order valence-electron chi connectivity index (χ1n) is 10.3. The fraction of sp³-hybridized carbons (Fsp3) is 0.591. The molecule has 3 aliphatic rings. The Hall–Kier alpha value is -0.240. The standard InChI is InChI=1S/C22H29FN2OS2.2ClH/c23-19-4-2-1-3-18(19)21(22(26)16-5-6-16)25-10-8-20(27)17(15-25)7-9-24-11-13-28-14-12-24;;/h1-4,7,16,20-21,27H,5-6,8-15H2;2*1H/b17-7+;;. The molecule has 1 saturated carbocycles. The van der Waals surface area contributed by atoms with Gasteiger partial charge in [-0.15, -0.1) is 24.8 Å². The van der Waals surface area contributed by atoms with Crippen LogP contribution in [0.25, 0.3) is 0 Å². The molecule has 3 nitrogen and oxygen atoms in total. The summed E-state index contributed by atoms with van der Waals surface area (Å²) in [5.74, 6) is 2.42. The predicted molar refractivity (Wildman–Crippen MR) is 132 cm³/mol. The SMILES string of the molecule is Cl.Cl.O=C(C1CC1)C(c1ccccc1F)N1CCC(S)/C(=C/CN2CCSCC2)C1. The molecule has 3 fully saturated rings. The van der Waals surface area contributed by atoms with Gasteiger partial charge in [0.1, 0.15) is 5.82 Å². The number of benzene rings is 1. The van der Waals surface area contributed by atoms with Crippen LogP contribution in [-0.4, -0.2) is 65.1 Å². The average molecular weight is 494 g/mol. The van der Waals surface area contributed by atoms with Gasteiger partial charge in [0.05, 0.1) is 6.04 Å². The molecule has 2 unspecified atom stereocenters. The minimum absolute atomic E-state index is 0. The van der Waals surface area contributed by atoms with E-state index in [0.717, 1.165) is 45.4 Å². The zero-order valence-corrected chi connectivity index (χ0v) is 20.4. The smallest absolute Gasteiger partial charge is 0.157 e. The van der Waals surface area contributed by atoms with E-state index in [1.54, 1.807) is 12.1 Å². The molecule has 4 rings (SSSR count). The Morgan fingerprint density at radius 3 is 2.53 bits per heavy atom. The quantitative estimate of drug-likeness (QED) is 0.460. The highest BCUT2D eigenvalue weighted by Gasteiger charge is 2.40. The number of carbonyl (C=O) groups is 1. The van der Waals surface area contributed by atoms with Crippen molar-refractivity contribution in [3.8, 4) is 0 Å². The van der Waals surface area contributed by atoms with E-state index >= 15 is 0 Å². The number of Topliss-reactive ketones (excluding diaryl/α,β-unsaturated/α-hetero) is 1. The van der Waals surface area contributed by atoms with E-state index in [1.165, 1.54) is 23.1 Å². The van der Waals surface area contributed by atoms with Gasteiger partial charge in [0.2, 0.25) is 0 Å². The minimum Gasteiger partial charge on any atom is -0.298 e. The topological polar surface area (TPSA) is 23.6 Å². The molecule has 2 aliphatic heterocycles. The van der Waals surface area contributed by atoms with E-state index in [-0.39, 0.29) is 47.6 Å². The normalized spacial score (nSPS) is 25.3. The van der Waals surface area contributed by atoms with Crippen LogP contribution in [0.5, 0.6) is 0 Å². The Bertz CT molecular complexity index is 742. The number of nitrogens with zero attached hydrogens (tertiary/aromatic N) is 2. The van der Waals surface area contributed by atoms with Crippen LogP contribution in [0, 0.1) is 11.7 Å². The summed E-state index contributed by atoms with van der Waals surface area (Å²) in [7, 11) is 0. The van der Waals surface area contributed by atoms with E-state index in [9.17, 15) is 9.18 Å². The molecule has 1 aromatic rings. The number of piperidine rings is 1. The molecular formula is C22H31Cl2FN2OS2. The molecule has 1 aromatic carbocycles. The van der Waals surface area contributed by atoms with Crippen molar-refractivity contribution >= 4 is 55.0 Å². The second kappa shape index (κ2) is 12.1. The molecule has 2 saturated heterocycles. The number of carbonyl (C=O) groups excluding carboxylic acids is 1. The zero-order valence-electron chi connectivity index (χ0n) is 17.0. The second-order valence-corrected chi connectivity index (χ2v) is 9.92. The van der Waals surface area contributed by atoms with Crippen LogP contribution >= 0.6 is 49.2 Å². The molecule has 30 heavy (non-hydrogen) atoms. The molecule has 168 valence electrons. The van der Waals surface area contributed by atoms with Crippen molar-refractivity contribution in [1.29, 1.82) is 0 Å². The number of thioether (sulfide) groups is 1. The van der Waals surface area contributed by atoms with Crippen LogP contribution in [-0.2, 0) is 4.79 Å². The maximum absolute atomic E-state index is 14.6. The van der Waals surface area contributed by atoms with Gasteiger partial charge in [-0.1, -0.05) is 24.3 Å². The van der Waals surface area contributed by atoms with Crippen molar-refractivity contribution in [2.45, 2.75) is 30.6 Å². The maximum Gasteiger partial charge on any atom is 0.157 e. The highest BCUT2D eigenvalue weighted by molar-refractivity contribution is 7.99. The predicted octanol–water partition coefficient (Wildman–Crippen LogP) is 4.67. The largest absolute Gasteiger partial charge is 0.298 e. The van der Waals surface area contributed by atoms with Crippen LogP contribution in [0.1, 0.15) is 30.9 Å². The third-order valence-electron chi connectivity index (χ3n) is 6.03. The first kappa shape index (κ1) is 26.0. The molecule has 1 aliphatic carbocycles. The Morgan fingerprint density at radius 1 is 1.17 bits per heavy atom. The van der Waals surface area contributed by atoms with E-state index < -0.39 is 6.04 Å². The fourth-order valence-corrected chi connectivity index (χ4v) is 5.44. The van der Waals surface area contributed by atoms with Crippen LogP contribution in [0.3, 0.4) is 0 Å². The van der Waals surface area contributed by atoms with Crippen molar-refractivity contribution < 1.29 is 9.18 Å². The number of hydrogen-bond acceptors (Lipinski definition) is 5. The lowest BCUT2D eigenvalue weighted by molar-refractivity contribution is -0.126. The van der Waals surface area contributed by atoms with Gasteiger partial charge in [0.25, 0.3) is 0 Å². The summed E-state index contributed by atoms with van der Waals surface area (Å²) in [6.07, 6.45) is 5.10. The molecule has 2 atom stereocenters. The van der Waals surface area contributed by atoms with Crippen molar-refractivity contribution in [2.75, 3.05) is 44.2 Å². The molecule has 0 amide bonds. The zero-order chi connectivity index (χ0) is 19.5. The lowest BCUT2D eigenvalue weighted by atomic mass is 9.93. The highest BCUT2D eigenvalue weighted by Crippen LogP contribution is 2.39. The summed E-state index contributed by atoms with van der Waals surface area (Å²) >= 11 is 6.82. The second-order valence-electron chi connectivity index (χ2n) is 8.07. The summed E-state index contributed by atoms with van der Waals surface area (Å²) in [5, 5.41) is 0.229. The van der Waals surface area contributed by atoms with E-state index in [1.807, 2.05) is 17.8 Å². The van der Waals surface area contributed by atoms with E-state index in [0.29, 0.717) is 12.1 Å². The summed E-state index contributed by atoms with van der Waals surface area (Å²) in [6.45, 7) is 4.69. The Labute approximate surface area is 201 Å². The molecule has 8 heteroatoms.